The van der Waals surface area contributed by atoms with Crippen LogP contribution in [0.2, 0.25) is 5.02 Å². The molecule has 2 aromatic carbocycles. The number of ether oxygens (including phenoxy) is 2. The maximum atomic E-state index is 12.4. The summed E-state index contributed by atoms with van der Waals surface area (Å²) >= 11 is 6.15. The van der Waals surface area contributed by atoms with E-state index in [2.05, 4.69) is 0 Å². The Morgan fingerprint density at radius 2 is 1.89 bits per heavy atom. The quantitative estimate of drug-likeness (QED) is 0.491. The molecule has 0 bridgehead atoms. The van der Waals surface area contributed by atoms with Crippen LogP contribution in [0.3, 0.4) is 0 Å². The van der Waals surface area contributed by atoms with Crippen molar-refractivity contribution in [3.8, 4) is 17.6 Å². The van der Waals surface area contributed by atoms with E-state index in [0.29, 0.717) is 28.7 Å². The maximum absolute atomic E-state index is 12.4. The van der Waals surface area contributed by atoms with Crippen molar-refractivity contribution in [3.63, 3.8) is 0 Å². The summed E-state index contributed by atoms with van der Waals surface area (Å²) in [6, 6.07) is 14.7. The van der Waals surface area contributed by atoms with Gasteiger partial charge in [0.25, 0.3) is 0 Å². The monoisotopic (exact) mass is 383 g/mol. The molecular formula is C22H22ClNO3. The molecule has 0 fully saturated rings. The summed E-state index contributed by atoms with van der Waals surface area (Å²) in [5.74, 6) is 0.856. The van der Waals surface area contributed by atoms with E-state index in [1.54, 1.807) is 51.1 Å². The van der Waals surface area contributed by atoms with Gasteiger partial charge in [-0.05, 0) is 29.8 Å². The summed E-state index contributed by atoms with van der Waals surface area (Å²) in [6.45, 7) is 5.66. The van der Waals surface area contributed by atoms with Gasteiger partial charge in [-0.1, -0.05) is 56.6 Å². The van der Waals surface area contributed by atoms with Gasteiger partial charge in [-0.15, -0.1) is 0 Å². The fraction of sp³-hybridized carbons (Fsp3) is 0.273. The number of rotatable bonds is 6. The highest BCUT2D eigenvalue weighted by Gasteiger charge is 2.25. The van der Waals surface area contributed by atoms with E-state index in [4.69, 9.17) is 21.1 Å². The molecule has 4 nitrogen and oxygen atoms in total. The van der Waals surface area contributed by atoms with E-state index in [-0.39, 0.29) is 11.4 Å². The topological polar surface area (TPSA) is 59.3 Å². The van der Waals surface area contributed by atoms with Gasteiger partial charge in [0.1, 0.15) is 12.7 Å². The van der Waals surface area contributed by atoms with E-state index in [1.165, 1.54) is 7.11 Å². The molecule has 2 aromatic rings. The minimum absolute atomic E-state index is 0.106. The number of carbonyl (C=O) groups excluding carboxylic acids is 1. The first-order valence-electron chi connectivity index (χ1n) is 8.47. The highest BCUT2D eigenvalue weighted by Crippen LogP contribution is 2.31. The molecule has 0 amide bonds. The van der Waals surface area contributed by atoms with Crippen LogP contribution in [0.5, 0.6) is 11.5 Å². The van der Waals surface area contributed by atoms with Crippen molar-refractivity contribution in [2.45, 2.75) is 27.4 Å². The van der Waals surface area contributed by atoms with Crippen molar-refractivity contribution in [3.05, 3.63) is 64.2 Å². The zero-order chi connectivity index (χ0) is 20.0. The Hall–Kier alpha value is -2.77. The van der Waals surface area contributed by atoms with Crippen molar-refractivity contribution < 1.29 is 14.3 Å². The molecule has 0 heterocycles. The van der Waals surface area contributed by atoms with Gasteiger partial charge < -0.3 is 9.47 Å². The number of halogens is 1. The Balaban J connectivity index is 2.25. The second-order valence-corrected chi connectivity index (χ2v) is 7.45. The maximum Gasteiger partial charge on any atom is 0.178 e. The minimum atomic E-state index is -0.621. The number of ketones is 1. The molecule has 5 heteroatoms. The third kappa shape index (κ3) is 5.35. The van der Waals surface area contributed by atoms with Crippen LogP contribution >= 0.6 is 11.6 Å². The lowest BCUT2D eigenvalue weighted by atomic mass is 9.86. The van der Waals surface area contributed by atoms with Gasteiger partial charge in [-0.2, -0.15) is 5.26 Å². The molecule has 0 aliphatic rings. The lowest BCUT2D eigenvalue weighted by Gasteiger charge is -2.16. The van der Waals surface area contributed by atoms with Crippen molar-refractivity contribution >= 4 is 23.5 Å². The van der Waals surface area contributed by atoms with Crippen LogP contribution in [-0.2, 0) is 11.4 Å². The molecule has 0 radical (unpaired) electrons. The van der Waals surface area contributed by atoms with Gasteiger partial charge in [0.2, 0.25) is 0 Å². The summed E-state index contributed by atoms with van der Waals surface area (Å²) in [4.78, 5) is 12.4. The number of hydrogen-bond acceptors (Lipinski definition) is 4. The number of nitriles is 1. The molecule has 0 aromatic heterocycles. The molecule has 140 valence electrons. The first-order chi connectivity index (χ1) is 12.8. The zero-order valence-electron chi connectivity index (χ0n) is 15.9. The van der Waals surface area contributed by atoms with Crippen molar-refractivity contribution in [2.75, 3.05) is 7.11 Å². The fourth-order valence-electron chi connectivity index (χ4n) is 2.38. The summed E-state index contributed by atoms with van der Waals surface area (Å²) < 4.78 is 11.2. The average molecular weight is 384 g/mol. The van der Waals surface area contributed by atoms with Crippen LogP contribution in [-0.4, -0.2) is 12.9 Å². The lowest BCUT2D eigenvalue weighted by molar-refractivity contribution is -0.121. The van der Waals surface area contributed by atoms with Crippen LogP contribution in [0.4, 0.5) is 0 Å². The molecule has 27 heavy (non-hydrogen) atoms. The molecule has 0 atom stereocenters. The Labute approximate surface area is 165 Å². The van der Waals surface area contributed by atoms with Gasteiger partial charge in [0.15, 0.2) is 17.3 Å². The first-order valence-corrected chi connectivity index (χ1v) is 8.85. The molecule has 0 spiro atoms. The highest BCUT2D eigenvalue weighted by atomic mass is 35.5. The third-order valence-electron chi connectivity index (χ3n) is 3.89. The van der Waals surface area contributed by atoms with Crippen molar-refractivity contribution in [1.82, 2.24) is 0 Å². The normalized spacial score (nSPS) is 11.6. The molecule has 0 aliphatic heterocycles. The van der Waals surface area contributed by atoms with Gasteiger partial charge in [0, 0.05) is 16.0 Å². The zero-order valence-corrected chi connectivity index (χ0v) is 16.6. The van der Waals surface area contributed by atoms with Crippen LogP contribution in [0.25, 0.3) is 6.08 Å². The molecule has 0 aliphatic carbocycles. The third-order valence-corrected chi connectivity index (χ3v) is 4.25. The van der Waals surface area contributed by atoms with Crippen LogP contribution in [0.15, 0.2) is 48.0 Å². The Morgan fingerprint density at radius 1 is 1.19 bits per heavy atom. The minimum Gasteiger partial charge on any atom is -0.493 e. The van der Waals surface area contributed by atoms with E-state index < -0.39 is 5.41 Å². The average Bonchev–Trinajstić information content (AvgIpc) is 2.64. The number of hydrogen-bond donors (Lipinski definition) is 0. The van der Waals surface area contributed by atoms with Crippen molar-refractivity contribution in [1.29, 1.82) is 5.26 Å². The standard InChI is InChI=1S/C22H22ClNO3/c1-22(2,3)21(25)17(13-24)11-15-9-10-19(20(12-15)26-4)27-14-16-7-5-6-8-18(16)23/h5-12H,14H2,1-4H3/b17-11+. The van der Waals surface area contributed by atoms with E-state index >= 15 is 0 Å². The Morgan fingerprint density at radius 3 is 2.48 bits per heavy atom. The second-order valence-electron chi connectivity index (χ2n) is 7.04. The summed E-state index contributed by atoms with van der Waals surface area (Å²) in [6.07, 6.45) is 1.56. The van der Waals surface area contributed by atoms with Gasteiger partial charge >= 0.3 is 0 Å². The molecule has 2 rings (SSSR count). The van der Waals surface area contributed by atoms with E-state index in [9.17, 15) is 10.1 Å². The van der Waals surface area contributed by atoms with E-state index in [1.807, 2.05) is 24.3 Å². The van der Waals surface area contributed by atoms with Crippen LogP contribution < -0.4 is 9.47 Å². The molecule has 0 saturated carbocycles. The molecular weight excluding hydrogens is 362 g/mol. The summed E-state index contributed by atoms with van der Waals surface area (Å²) in [5, 5.41) is 9.97. The van der Waals surface area contributed by atoms with E-state index in [0.717, 1.165) is 5.56 Å². The van der Waals surface area contributed by atoms with Gasteiger partial charge in [-0.3, -0.25) is 4.79 Å². The number of nitrogens with zero attached hydrogens (tertiary/aromatic N) is 1. The second kappa shape index (κ2) is 8.75. The molecule has 0 N–H and O–H groups in total. The predicted molar refractivity (Wildman–Crippen MR) is 107 cm³/mol. The SMILES string of the molecule is COc1cc(/C=C(\C#N)C(=O)C(C)(C)C)ccc1OCc1ccccc1Cl. The number of Topliss-reactive ketones (excluding diaryl/α,β-unsaturated/α-hetero) is 1. The molecule has 0 unspecified atom stereocenters. The summed E-state index contributed by atoms with van der Waals surface area (Å²) in [7, 11) is 1.54. The van der Waals surface area contributed by atoms with Crippen LogP contribution in [0.1, 0.15) is 31.9 Å². The number of methoxy groups -OCH3 is 1. The smallest absolute Gasteiger partial charge is 0.178 e. The highest BCUT2D eigenvalue weighted by molar-refractivity contribution is 6.31. The van der Waals surface area contributed by atoms with Gasteiger partial charge in [0.05, 0.1) is 12.7 Å². The van der Waals surface area contributed by atoms with Gasteiger partial charge in [-0.25, -0.2) is 0 Å². The first kappa shape index (κ1) is 20.5. The Kier molecular flexibility index (Phi) is 6.65. The fourth-order valence-corrected chi connectivity index (χ4v) is 2.57. The largest absolute Gasteiger partial charge is 0.493 e. The molecule has 0 saturated heterocycles. The number of carbonyl (C=O) groups is 1. The van der Waals surface area contributed by atoms with Crippen LogP contribution in [0, 0.1) is 16.7 Å². The summed E-state index contributed by atoms with van der Waals surface area (Å²) in [5.41, 5.74) is 1.04. The number of benzene rings is 2. The lowest BCUT2D eigenvalue weighted by Crippen LogP contribution is -2.21. The number of allylic oxidation sites excluding steroid dienone is 1. The Bertz CT molecular complexity index is 905. The van der Waals surface area contributed by atoms with Crippen molar-refractivity contribution in [2.24, 2.45) is 5.41 Å². The predicted octanol–water partition coefficient (Wildman–Crippen LogP) is 5.45.